The minimum atomic E-state index is -0.0486. The van der Waals surface area contributed by atoms with Gasteiger partial charge in [0.05, 0.1) is 12.6 Å². The zero-order valence-corrected chi connectivity index (χ0v) is 11.9. The Kier molecular flexibility index (Phi) is 3.92. The van der Waals surface area contributed by atoms with Gasteiger partial charge in [-0.3, -0.25) is 4.79 Å². The molecule has 4 heteroatoms. The van der Waals surface area contributed by atoms with E-state index >= 15 is 0 Å². The van der Waals surface area contributed by atoms with Crippen LogP contribution in [0.25, 0.3) is 0 Å². The highest BCUT2D eigenvalue weighted by Crippen LogP contribution is 2.27. The zero-order valence-electron chi connectivity index (χ0n) is 11.9. The van der Waals surface area contributed by atoms with Gasteiger partial charge < -0.3 is 15.4 Å². The van der Waals surface area contributed by atoms with Crippen molar-refractivity contribution in [2.45, 2.75) is 38.3 Å². The number of piperidine rings is 1. The highest BCUT2D eigenvalue weighted by Gasteiger charge is 2.29. The Morgan fingerprint density at radius 2 is 2.30 bits per heavy atom. The number of hydrogen-bond acceptors (Lipinski definition) is 3. The van der Waals surface area contributed by atoms with Crippen molar-refractivity contribution in [3.05, 3.63) is 29.8 Å². The summed E-state index contributed by atoms with van der Waals surface area (Å²) in [4.78, 5) is 12.2. The van der Waals surface area contributed by atoms with Crippen molar-refractivity contribution in [2.24, 2.45) is 5.92 Å². The Bertz CT molecular complexity index is 464. The summed E-state index contributed by atoms with van der Waals surface area (Å²) in [5.41, 5.74) is 1.23. The Labute approximate surface area is 119 Å². The Morgan fingerprint density at radius 3 is 3.10 bits per heavy atom. The first kappa shape index (κ1) is 13.4. The molecule has 3 atom stereocenters. The number of nitrogens with one attached hydrogen (secondary N) is 2. The lowest BCUT2D eigenvalue weighted by Gasteiger charge is -2.29. The fourth-order valence-electron chi connectivity index (χ4n) is 3.09. The minimum absolute atomic E-state index is 0.0486. The van der Waals surface area contributed by atoms with E-state index in [9.17, 15) is 4.79 Å². The standard InChI is InChI=1S/C16H22N2O2/c1-11-5-4-8-17-15(11)16(19)18-10-13-9-12-6-2-3-7-14(12)20-13/h2-3,6-7,11,13,15,17H,4-5,8-10H2,1H3,(H,18,19). The van der Waals surface area contributed by atoms with Gasteiger partial charge in [-0.25, -0.2) is 0 Å². The van der Waals surface area contributed by atoms with Gasteiger partial charge in [0.15, 0.2) is 0 Å². The van der Waals surface area contributed by atoms with Gasteiger partial charge in [-0.15, -0.1) is 0 Å². The minimum Gasteiger partial charge on any atom is -0.488 e. The van der Waals surface area contributed by atoms with Crippen molar-refractivity contribution in [3.8, 4) is 5.75 Å². The van der Waals surface area contributed by atoms with E-state index in [2.05, 4.69) is 23.6 Å². The average molecular weight is 274 g/mol. The molecular formula is C16H22N2O2. The number of rotatable bonds is 3. The van der Waals surface area contributed by atoms with Crippen molar-refractivity contribution < 1.29 is 9.53 Å². The van der Waals surface area contributed by atoms with Crippen LogP contribution in [-0.2, 0) is 11.2 Å². The van der Waals surface area contributed by atoms with Gasteiger partial charge in [-0.1, -0.05) is 25.1 Å². The molecule has 0 saturated carbocycles. The lowest BCUT2D eigenvalue weighted by atomic mass is 9.92. The fourth-order valence-corrected chi connectivity index (χ4v) is 3.09. The molecule has 0 aliphatic carbocycles. The van der Waals surface area contributed by atoms with Crippen molar-refractivity contribution in [1.82, 2.24) is 10.6 Å². The first-order chi connectivity index (χ1) is 9.74. The topological polar surface area (TPSA) is 50.4 Å². The van der Waals surface area contributed by atoms with Gasteiger partial charge in [0.25, 0.3) is 0 Å². The van der Waals surface area contributed by atoms with E-state index in [0.717, 1.165) is 31.6 Å². The molecule has 0 spiro atoms. The molecule has 1 fully saturated rings. The lowest BCUT2D eigenvalue weighted by molar-refractivity contribution is -0.125. The first-order valence-electron chi connectivity index (χ1n) is 7.49. The van der Waals surface area contributed by atoms with Gasteiger partial charge in [0.2, 0.25) is 5.91 Å². The number of ether oxygens (including phenoxy) is 1. The van der Waals surface area contributed by atoms with Gasteiger partial charge in [-0.05, 0) is 36.9 Å². The summed E-state index contributed by atoms with van der Waals surface area (Å²) in [6.45, 7) is 3.66. The number of amides is 1. The van der Waals surface area contributed by atoms with E-state index < -0.39 is 0 Å². The SMILES string of the molecule is CC1CCCNC1C(=O)NCC1Cc2ccccc2O1. The quantitative estimate of drug-likeness (QED) is 0.878. The molecule has 1 aromatic carbocycles. The maximum Gasteiger partial charge on any atom is 0.237 e. The second kappa shape index (κ2) is 5.83. The summed E-state index contributed by atoms with van der Waals surface area (Å²) in [6, 6.07) is 8.03. The van der Waals surface area contributed by atoms with Gasteiger partial charge in [0, 0.05) is 6.42 Å². The maximum absolute atomic E-state index is 12.2. The summed E-state index contributed by atoms with van der Waals surface area (Å²) in [5, 5.41) is 6.34. The van der Waals surface area contributed by atoms with Crippen LogP contribution in [0.2, 0.25) is 0 Å². The maximum atomic E-state index is 12.2. The molecule has 1 saturated heterocycles. The van der Waals surface area contributed by atoms with Crippen LogP contribution in [0, 0.1) is 5.92 Å². The van der Waals surface area contributed by atoms with Gasteiger partial charge in [0.1, 0.15) is 11.9 Å². The van der Waals surface area contributed by atoms with Crippen molar-refractivity contribution in [1.29, 1.82) is 0 Å². The number of hydrogen-bond donors (Lipinski definition) is 2. The molecule has 4 nitrogen and oxygen atoms in total. The average Bonchev–Trinajstić information content (AvgIpc) is 2.88. The summed E-state index contributed by atoms with van der Waals surface area (Å²) >= 11 is 0. The van der Waals surface area contributed by atoms with Crippen LogP contribution in [0.1, 0.15) is 25.3 Å². The molecule has 2 N–H and O–H groups in total. The molecule has 1 amide bonds. The molecule has 0 radical (unpaired) electrons. The second-order valence-corrected chi connectivity index (χ2v) is 5.85. The van der Waals surface area contributed by atoms with Crippen molar-refractivity contribution >= 4 is 5.91 Å². The zero-order chi connectivity index (χ0) is 13.9. The smallest absolute Gasteiger partial charge is 0.237 e. The van der Waals surface area contributed by atoms with Crippen LogP contribution in [-0.4, -0.2) is 31.1 Å². The Hall–Kier alpha value is -1.55. The van der Waals surface area contributed by atoms with Crippen molar-refractivity contribution in [3.63, 3.8) is 0 Å². The Balaban J connectivity index is 1.50. The summed E-state index contributed by atoms with van der Waals surface area (Å²) in [7, 11) is 0. The monoisotopic (exact) mass is 274 g/mol. The van der Waals surface area contributed by atoms with E-state index in [1.54, 1.807) is 0 Å². The van der Waals surface area contributed by atoms with E-state index in [0.29, 0.717) is 12.5 Å². The van der Waals surface area contributed by atoms with Gasteiger partial charge in [-0.2, -0.15) is 0 Å². The molecule has 3 rings (SSSR count). The van der Waals surface area contributed by atoms with Gasteiger partial charge >= 0.3 is 0 Å². The largest absolute Gasteiger partial charge is 0.488 e. The van der Waals surface area contributed by atoms with Crippen molar-refractivity contribution in [2.75, 3.05) is 13.1 Å². The molecule has 2 aliphatic heterocycles. The lowest BCUT2D eigenvalue weighted by Crippen LogP contribution is -2.52. The molecule has 0 bridgehead atoms. The van der Waals surface area contributed by atoms with Crippen LogP contribution < -0.4 is 15.4 Å². The molecule has 108 valence electrons. The summed E-state index contributed by atoms with van der Waals surface area (Å²) in [5.74, 6) is 1.47. The number of carbonyl (C=O) groups excluding carboxylic acids is 1. The molecular weight excluding hydrogens is 252 g/mol. The highest BCUT2D eigenvalue weighted by molar-refractivity contribution is 5.82. The first-order valence-corrected chi connectivity index (χ1v) is 7.49. The van der Waals surface area contributed by atoms with Crippen LogP contribution in [0.15, 0.2) is 24.3 Å². The molecule has 3 unspecified atom stereocenters. The van der Waals surface area contributed by atoms with E-state index in [-0.39, 0.29) is 18.1 Å². The van der Waals surface area contributed by atoms with Crippen LogP contribution in [0.5, 0.6) is 5.75 Å². The van der Waals surface area contributed by atoms with E-state index in [1.807, 2.05) is 18.2 Å². The highest BCUT2D eigenvalue weighted by atomic mass is 16.5. The van der Waals surface area contributed by atoms with E-state index in [1.165, 1.54) is 5.56 Å². The normalized spacial score (nSPS) is 28.6. The fraction of sp³-hybridized carbons (Fsp3) is 0.562. The molecule has 20 heavy (non-hydrogen) atoms. The third kappa shape index (κ3) is 2.80. The van der Waals surface area contributed by atoms with E-state index in [4.69, 9.17) is 4.74 Å². The number of para-hydroxylation sites is 1. The van der Waals surface area contributed by atoms with Crippen LogP contribution in [0.4, 0.5) is 0 Å². The molecule has 1 aromatic rings. The third-order valence-corrected chi connectivity index (χ3v) is 4.27. The predicted molar refractivity (Wildman–Crippen MR) is 77.8 cm³/mol. The summed E-state index contributed by atoms with van der Waals surface area (Å²) in [6.07, 6.45) is 3.22. The predicted octanol–water partition coefficient (Wildman–Crippen LogP) is 1.49. The molecule has 2 heterocycles. The Morgan fingerprint density at radius 1 is 1.45 bits per heavy atom. The number of carbonyl (C=O) groups is 1. The molecule has 0 aromatic heterocycles. The van der Waals surface area contributed by atoms with Crippen LogP contribution >= 0.6 is 0 Å². The summed E-state index contributed by atoms with van der Waals surface area (Å²) < 4.78 is 5.84. The third-order valence-electron chi connectivity index (χ3n) is 4.27. The number of fused-ring (bicyclic) bond motifs is 1. The second-order valence-electron chi connectivity index (χ2n) is 5.85. The number of benzene rings is 1. The van der Waals surface area contributed by atoms with Crippen LogP contribution in [0.3, 0.4) is 0 Å². The molecule has 2 aliphatic rings.